The molecule has 0 saturated heterocycles. The van der Waals surface area contributed by atoms with Crippen LogP contribution in [0.15, 0.2) is 24.3 Å². The summed E-state index contributed by atoms with van der Waals surface area (Å²) in [4.78, 5) is 0. The molecule has 0 radical (unpaired) electrons. The van der Waals surface area contributed by atoms with E-state index in [9.17, 15) is 4.39 Å². The summed E-state index contributed by atoms with van der Waals surface area (Å²) in [5.41, 5.74) is 0. The van der Waals surface area contributed by atoms with E-state index in [4.69, 9.17) is 18.9 Å². The van der Waals surface area contributed by atoms with Gasteiger partial charge in [0.05, 0.1) is 33.0 Å². The van der Waals surface area contributed by atoms with E-state index in [0.717, 1.165) is 19.4 Å². The van der Waals surface area contributed by atoms with Gasteiger partial charge in [0, 0.05) is 6.61 Å². The van der Waals surface area contributed by atoms with Gasteiger partial charge in [-0.2, -0.15) is 0 Å². The summed E-state index contributed by atoms with van der Waals surface area (Å²) >= 11 is 0. The van der Waals surface area contributed by atoms with Crippen molar-refractivity contribution < 1.29 is 23.3 Å². The van der Waals surface area contributed by atoms with E-state index < -0.39 is 0 Å². The first-order valence-corrected chi connectivity index (χ1v) is 7.45. The Labute approximate surface area is 126 Å². The minimum Gasteiger partial charge on any atom is -0.488 e. The van der Waals surface area contributed by atoms with Crippen molar-refractivity contribution >= 4 is 0 Å². The highest BCUT2D eigenvalue weighted by molar-refractivity contribution is 5.23. The Kier molecular flexibility index (Phi) is 10.7. The molecule has 0 N–H and O–H groups in total. The van der Waals surface area contributed by atoms with Gasteiger partial charge in [-0.3, -0.25) is 0 Å². The zero-order chi connectivity index (χ0) is 15.2. The second-order valence-electron chi connectivity index (χ2n) is 4.47. The third kappa shape index (κ3) is 9.39. The summed E-state index contributed by atoms with van der Waals surface area (Å²) in [5.74, 6) is -0.106. The molecule has 0 saturated carbocycles. The molecular weight excluding hydrogens is 275 g/mol. The summed E-state index contributed by atoms with van der Waals surface area (Å²) in [7, 11) is 0. The van der Waals surface area contributed by atoms with E-state index in [1.807, 2.05) is 0 Å². The van der Waals surface area contributed by atoms with E-state index in [2.05, 4.69) is 6.92 Å². The van der Waals surface area contributed by atoms with Crippen LogP contribution < -0.4 is 4.74 Å². The lowest BCUT2D eigenvalue weighted by atomic mass is 10.3. The minimum atomic E-state index is -0.357. The lowest BCUT2D eigenvalue weighted by molar-refractivity contribution is 0.00877. The highest BCUT2D eigenvalue weighted by Crippen LogP contribution is 2.14. The van der Waals surface area contributed by atoms with E-state index in [-0.39, 0.29) is 11.6 Å². The van der Waals surface area contributed by atoms with Crippen LogP contribution in [0.5, 0.6) is 5.75 Å². The normalized spacial score (nSPS) is 10.8. The van der Waals surface area contributed by atoms with Gasteiger partial charge in [-0.25, -0.2) is 4.39 Å². The van der Waals surface area contributed by atoms with Crippen molar-refractivity contribution in [3.05, 3.63) is 30.1 Å². The standard InChI is InChI=1S/C16H25FO4/c1-2-3-8-18-9-10-19-11-12-20-13-14-21-16-7-5-4-6-15(16)17/h4-7H,2-3,8-14H2,1H3. The van der Waals surface area contributed by atoms with Crippen molar-refractivity contribution in [3.63, 3.8) is 0 Å². The first-order valence-electron chi connectivity index (χ1n) is 7.45. The number of rotatable bonds is 13. The van der Waals surface area contributed by atoms with Gasteiger partial charge in [-0.05, 0) is 18.6 Å². The van der Waals surface area contributed by atoms with Gasteiger partial charge in [0.15, 0.2) is 11.6 Å². The van der Waals surface area contributed by atoms with Crippen molar-refractivity contribution in [1.82, 2.24) is 0 Å². The quantitative estimate of drug-likeness (QED) is 0.525. The molecular formula is C16H25FO4. The first-order chi connectivity index (χ1) is 10.3. The molecule has 0 unspecified atom stereocenters. The highest BCUT2D eigenvalue weighted by atomic mass is 19.1. The third-order valence-electron chi connectivity index (χ3n) is 2.71. The highest BCUT2D eigenvalue weighted by Gasteiger charge is 2.00. The predicted molar refractivity (Wildman–Crippen MR) is 79.3 cm³/mol. The van der Waals surface area contributed by atoms with Crippen molar-refractivity contribution in [1.29, 1.82) is 0 Å². The third-order valence-corrected chi connectivity index (χ3v) is 2.71. The average Bonchev–Trinajstić information content (AvgIpc) is 2.50. The van der Waals surface area contributed by atoms with E-state index in [1.54, 1.807) is 18.2 Å². The molecule has 21 heavy (non-hydrogen) atoms. The smallest absolute Gasteiger partial charge is 0.165 e. The number of hydrogen-bond acceptors (Lipinski definition) is 4. The van der Waals surface area contributed by atoms with E-state index in [0.29, 0.717) is 39.6 Å². The first kappa shape index (κ1) is 17.9. The SMILES string of the molecule is CCCCOCCOCCOCCOc1ccccc1F. The Balaban J connectivity index is 1.84. The molecule has 0 amide bonds. The summed E-state index contributed by atoms with van der Waals surface area (Å²) in [6.45, 7) is 5.88. The number of benzene rings is 1. The zero-order valence-corrected chi connectivity index (χ0v) is 12.7. The van der Waals surface area contributed by atoms with Crippen LogP contribution in [0.3, 0.4) is 0 Å². The number of unbranched alkanes of at least 4 members (excludes halogenated alkanes) is 1. The van der Waals surface area contributed by atoms with Gasteiger partial charge in [0.2, 0.25) is 0 Å². The summed E-state index contributed by atoms with van der Waals surface area (Å²) < 4.78 is 34.5. The second-order valence-corrected chi connectivity index (χ2v) is 4.47. The maximum Gasteiger partial charge on any atom is 0.165 e. The molecule has 0 fully saturated rings. The van der Waals surface area contributed by atoms with Gasteiger partial charge in [0.1, 0.15) is 6.61 Å². The number of halogens is 1. The van der Waals surface area contributed by atoms with Gasteiger partial charge < -0.3 is 18.9 Å². The maximum atomic E-state index is 13.2. The Hall–Kier alpha value is -1.17. The van der Waals surface area contributed by atoms with Crippen molar-refractivity contribution in [2.45, 2.75) is 19.8 Å². The Morgan fingerprint density at radius 1 is 0.810 bits per heavy atom. The van der Waals surface area contributed by atoms with Crippen LogP contribution in [0.1, 0.15) is 19.8 Å². The minimum absolute atomic E-state index is 0.251. The fraction of sp³-hybridized carbons (Fsp3) is 0.625. The Morgan fingerprint density at radius 3 is 2.00 bits per heavy atom. The van der Waals surface area contributed by atoms with Gasteiger partial charge >= 0.3 is 0 Å². The van der Waals surface area contributed by atoms with Gasteiger partial charge in [0.25, 0.3) is 0 Å². The maximum absolute atomic E-state index is 13.2. The van der Waals surface area contributed by atoms with Crippen LogP contribution in [0.2, 0.25) is 0 Å². The van der Waals surface area contributed by atoms with Crippen molar-refractivity contribution in [2.75, 3.05) is 46.2 Å². The van der Waals surface area contributed by atoms with E-state index >= 15 is 0 Å². The van der Waals surface area contributed by atoms with Crippen LogP contribution in [-0.2, 0) is 14.2 Å². The summed E-state index contributed by atoms with van der Waals surface area (Å²) in [6, 6.07) is 6.32. The molecule has 0 atom stereocenters. The Morgan fingerprint density at radius 2 is 1.38 bits per heavy atom. The molecule has 0 aliphatic carbocycles. The molecule has 120 valence electrons. The van der Waals surface area contributed by atoms with Crippen LogP contribution in [0.25, 0.3) is 0 Å². The fourth-order valence-electron chi connectivity index (χ4n) is 1.56. The molecule has 0 aliphatic heterocycles. The summed E-state index contributed by atoms with van der Waals surface area (Å²) in [5, 5.41) is 0. The van der Waals surface area contributed by atoms with Crippen LogP contribution >= 0.6 is 0 Å². The molecule has 1 aromatic rings. The molecule has 0 spiro atoms. The van der Waals surface area contributed by atoms with E-state index in [1.165, 1.54) is 6.07 Å². The number of ether oxygens (including phenoxy) is 4. The van der Waals surface area contributed by atoms with Crippen molar-refractivity contribution in [2.24, 2.45) is 0 Å². The molecule has 0 heterocycles. The van der Waals surface area contributed by atoms with Gasteiger partial charge in [-0.1, -0.05) is 25.5 Å². The fourth-order valence-corrected chi connectivity index (χ4v) is 1.56. The average molecular weight is 300 g/mol. The number of hydrogen-bond donors (Lipinski definition) is 0. The monoisotopic (exact) mass is 300 g/mol. The molecule has 4 nitrogen and oxygen atoms in total. The topological polar surface area (TPSA) is 36.9 Å². The van der Waals surface area contributed by atoms with Crippen LogP contribution in [0.4, 0.5) is 4.39 Å². The Bertz CT molecular complexity index is 360. The second kappa shape index (κ2) is 12.6. The van der Waals surface area contributed by atoms with Crippen LogP contribution in [0, 0.1) is 5.82 Å². The molecule has 1 aromatic carbocycles. The van der Waals surface area contributed by atoms with Gasteiger partial charge in [-0.15, -0.1) is 0 Å². The lowest BCUT2D eigenvalue weighted by Gasteiger charge is -2.08. The molecule has 5 heteroatoms. The molecule has 1 rings (SSSR count). The molecule has 0 aromatic heterocycles. The van der Waals surface area contributed by atoms with Crippen LogP contribution in [-0.4, -0.2) is 46.2 Å². The lowest BCUT2D eigenvalue weighted by Crippen LogP contribution is -2.13. The van der Waals surface area contributed by atoms with Crippen molar-refractivity contribution in [3.8, 4) is 5.75 Å². The zero-order valence-electron chi connectivity index (χ0n) is 12.7. The molecule has 0 bridgehead atoms. The largest absolute Gasteiger partial charge is 0.488 e. The summed E-state index contributed by atoms with van der Waals surface area (Å²) in [6.07, 6.45) is 2.23. The molecule has 0 aliphatic rings. The predicted octanol–water partition coefficient (Wildman–Crippen LogP) is 3.05. The number of para-hydroxylation sites is 1.